The zero-order chi connectivity index (χ0) is 13.1. The molecule has 2 N–H and O–H groups in total. The Morgan fingerprint density at radius 3 is 2.24 bits per heavy atom. The van der Waals surface area contributed by atoms with Gasteiger partial charge in [-0.05, 0) is 50.6 Å². The third-order valence-electron chi connectivity index (χ3n) is 3.68. The van der Waals surface area contributed by atoms with Crippen molar-refractivity contribution >= 4 is 29.0 Å². The summed E-state index contributed by atoms with van der Waals surface area (Å²) < 4.78 is 0.0631. The van der Waals surface area contributed by atoms with Gasteiger partial charge < -0.3 is 10.6 Å². The molecule has 1 aliphatic heterocycles. The van der Waals surface area contributed by atoms with E-state index < -0.39 is 0 Å². The number of rotatable bonds is 4. The molecule has 0 atom stereocenters. The average Bonchev–Trinajstić information content (AvgIpc) is 2.26. The SMILES string of the molecule is CSC1(C(N)=S)CCN(CCC(C)(C)C)CC1. The fourth-order valence-corrected chi connectivity index (χ4v) is 3.43. The first kappa shape index (κ1) is 15.3. The van der Waals surface area contributed by atoms with Gasteiger partial charge in [-0.1, -0.05) is 33.0 Å². The molecular formula is C13H26N2S2. The Kier molecular flexibility index (Phi) is 5.29. The number of thioether (sulfide) groups is 1. The monoisotopic (exact) mass is 274 g/mol. The van der Waals surface area contributed by atoms with Crippen molar-refractivity contribution in [3.63, 3.8) is 0 Å². The molecule has 0 aromatic rings. The van der Waals surface area contributed by atoms with E-state index in [1.54, 1.807) is 0 Å². The standard InChI is InChI=1S/C13H26N2S2/c1-12(2,3)5-8-15-9-6-13(17-4,7-10-15)11(14)16/h5-10H2,1-4H3,(H2,14,16). The van der Waals surface area contributed by atoms with Gasteiger partial charge in [-0.2, -0.15) is 11.8 Å². The smallest absolute Gasteiger partial charge is 0.0891 e. The van der Waals surface area contributed by atoms with Crippen LogP contribution in [-0.2, 0) is 0 Å². The predicted molar refractivity (Wildman–Crippen MR) is 82.8 cm³/mol. The highest BCUT2D eigenvalue weighted by molar-refractivity contribution is 8.01. The van der Waals surface area contributed by atoms with Gasteiger partial charge >= 0.3 is 0 Å². The first-order valence-electron chi connectivity index (χ1n) is 6.36. The number of hydrogen-bond donors (Lipinski definition) is 1. The molecule has 4 heteroatoms. The summed E-state index contributed by atoms with van der Waals surface area (Å²) in [5, 5.41) is 0. The molecular weight excluding hydrogens is 248 g/mol. The largest absolute Gasteiger partial charge is 0.392 e. The molecule has 1 fully saturated rings. The molecule has 0 aromatic carbocycles. The lowest BCUT2D eigenvalue weighted by Gasteiger charge is -2.40. The Morgan fingerprint density at radius 2 is 1.88 bits per heavy atom. The van der Waals surface area contributed by atoms with Crippen molar-refractivity contribution in [1.29, 1.82) is 0 Å². The lowest BCUT2D eigenvalue weighted by molar-refractivity contribution is 0.190. The molecule has 1 heterocycles. The lowest BCUT2D eigenvalue weighted by Crippen LogP contribution is -2.49. The van der Waals surface area contributed by atoms with Crippen LogP contribution in [0.4, 0.5) is 0 Å². The van der Waals surface area contributed by atoms with E-state index in [0.717, 1.165) is 25.9 Å². The quantitative estimate of drug-likeness (QED) is 0.798. The summed E-state index contributed by atoms with van der Waals surface area (Å²) in [5.41, 5.74) is 6.32. The van der Waals surface area contributed by atoms with Crippen LogP contribution in [0, 0.1) is 5.41 Å². The Hall–Kier alpha value is 0.200. The van der Waals surface area contributed by atoms with Crippen molar-refractivity contribution in [3.05, 3.63) is 0 Å². The minimum Gasteiger partial charge on any atom is -0.392 e. The fraction of sp³-hybridized carbons (Fsp3) is 0.923. The van der Waals surface area contributed by atoms with Crippen molar-refractivity contribution in [3.8, 4) is 0 Å². The van der Waals surface area contributed by atoms with Gasteiger partial charge in [0.15, 0.2) is 0 Å². The zero-order valence-corrected chi connectivity index (χ0v) is 13.2. The molecule has 1 rings (SSSR count). The molecule has 0 bridgehead atoms. The van der Waals surface area contributed by atoms with Crippen LogP contribution in [0.1, 0.15) is 40.0 Å². The normalized spacial score (nSPS) is 21.4. The predicted octanol–water partition coefficient (Wildman–Crippen LogP) is 2.91. The molecule has 0 aliphatic carbocycles. The molecule has 0 radical (unpaired) electrons. The summed E-state index contributed by atoms with van der Waals surface area (Å²) in [5.74, 6) is 0. The highest BCUT2D eigenvalue weighted by Crippen LogP contribution is 2.35. The Labute approximate surface area is 116 Å². The van der Waals surface area contributed by atoms with Gasteiger partial charge in [0.05, 0.1) is 9.74 Å². The first-order chi connectivity index (χ1) is 7.79. The Balaban J connectivity index is 2.42. The summed E-state index contributed by atoms with van der Waals surface area (Å²) >= 11 is 7.06. The summed E-state index contributed by atoms with van der Waals surface area (Å²) in [6.07, 6.45) is 5.59. The maximum absolute atomic E-state index is 5.89. The van der Waals surface area contributed by atoms with Crippen LogP contribution in [0.5, 0.6) is 0 Å². The van der Waals surface area contributed by atoms with Crippen LogP contribution in [0.3, 0.4) is 0 Å². The van der Waals surface area contributed by atoms with E-state index in [0.29, 0.717) is 10.4 Å². The first-order valence-corrected chi connectivity index (χ1v) is 8.00. The molecule has 1 saturated heterocycles. The molecule has 17 heavy (non-hydrogen) atoms. The lowest BCUT2D eigenvalue weighted by atomic mass is 9.90. The molecule has 1 aliphatic rings. The van der Waals surface area contributed by atoms with Gasteiger partial charge in [0.25, 0.3) is 0 Å². The number of thiocarbonyl (C=S) groups is 1. The Bertz CT molecular complexity index is 263. The fourth-order valence-electron chi connectivity index (χ4n) is 2.18. The van der Waals surface area contributed by atoms with E-state index >= 15 is 0 Å². The molecule has 0 spiro atoms. The molecule has 0 unspecified atom stereocenters. The minimum absolute atomic E-state index is 0.0631. The van der Waals surface area contributed by atoms with Gasteiger partial charge in [-0.25, -0.2) is 0 Å². The van der Waals surface area contributed by atoms with Crippen LogP contribution in [0.2, 0.25) is 0 Å². The summed E-state index contributed by atoms with van der Waals surface area (Å²) in [7, 11) is 0. The molecule has 0 aromatic heterocycles. The minimum atomic E-state index is 0.0631. The third-order valence-corrected chi connectivity index (χ3v) is 5.61. The summed E-state index contributed by atoms with van der Waals surface area (Å²) in [6, 6.07) is 0. The van der Waals surface area contributed by atoms with Crippen LogP contribution in [0.25, 0.3) is 0 Å². The number of likely N-dealkylation sites (tertiary alicyclic amines) is 1. The molecule has 2 nitrogen and oxygen atoms in total. The average molecular weight is 274 g/mol. The Morgan fingerprint density at radius 1 is 1.35 bits per heavy atom. The third kappa shape index (κ3) is 4.42. The summed E-state index contributed by atoms with van der Waals surface area (Å²) in [4.78, 5) is 3.25. The maximum Gasteiger partial charge on any atom is 0.0891 e. The second-order valence-electron chi connectivity index (χ2n) is 6.21. The number of piperidine rings is 1. The van der Waals surface area contributed by atoms with E-state index in [4.69, 9.17) is 18.0 Å². The van der Waals surface area contributed by atoms with E-state index in [9.17, 15) is 0 Å². The van der Waals surface area contributed by atoms with E-state index in [-0.39, 0.29) is 4.75 Å². The topological polar surface area (TPSA) is 29.3 Å². The highest BCUT2D eigenvalue weighted by atomic mass is 32.2. The molecule has 0 amide bonds. The van der Waals surface area contributed by atoms with Gasteiger partial charge in [0, 0.05) is 0 Å². The van der Waals surface area contributed by atoms with Crippen LogP contribution >= 0.6 is 24.0 Å². The van der Waals surface area contributed by atoms with E-state index in [1.807, 2.05) is 11.8 Å². The van der Waals surface area contributed by atoms with Crippen molar-refractivity contribution in [1.82, 2.24) is 4.90 Å². The van der Waals surface area contributed by atoms with Crippen molar-refractivity contribution in [2.45, 2.75) is 44.8 Å². The molecule has 0 saturated carbocycles. The second kappa shape index (κ2) is 5.89. The van der Waals surface area contributed by atoms with Crippen LogP contribution in [0.15, 0.2) is 0 Å². The van der Waals surface area contributed by atoms with Crippen molar-refractivity contribution in [2.24, 2.45) is 11.1 Å². The van der Waals surface area contributed by atoms with Crippen LogP contribution in [-0.4, -0.2) is 40.5 Å². The van der Waals surface area contributed by atoms with E-state index in [2.05, 4.69) is 31.9 Å². The number of hydrogen-bond acceptors (Lipinski definition) is 3. The maximum atomic E-state index is 5.89. The molecule has 100 valence electrons. The highest BCUT2D eigenvalue weighted by Gasteiger charge is 2.36. The van der Waals surface area contributed by atoms with Gasteiger partial charge in [0.1, 0.15) is 0 Å². The zero-order valence-electron chi connectivity index (χ0n) is 11.6. The number of nitrogens with zero attached hydrogens (tertiary/aromatic N) is 1. The number of nitrogens with two attached hydrogens (primary N) is 1. The van der Waals surface area contributed by atoms with Crippen LogP contribution < -0.4 is 5.73 Å². The second-order valence-corrected chi connectivity index (χ2v) is 7.84. The summed E-state index contributed by atoms with van der Waals surface area (Å²) in [6.45, 7) is 10.4. The van der Waals surface area contributed by atoms with Crippen molar-refractivity contribution < 1.29 is 0 Å². The van der Waals surface area contributed by atoms with Gasteiger partial charge in [0.2, 0.25) is 0 Å². The van der Waals surface area contributed by atoms with Gasteiger partial charge in [-0.15, -0.1) is 0 Å². The van der Waals surface area contributed by atoms with Gasteiger partial charge in [-0.3, -0.25) is 0 Å². The van der Waals surface area contributed by atoms with E-state index in [1.165, 1.54) is 13.0 Å². The van der Waals surface area contributed by atoms with Crippen molar-refractivity contribution in [2.75, 3.05) is 25.9 Å².